The lowest BCUT2D eigenvalue weighted by molar-refractivity contribution is -0.120. The molecule has 4 amide bonds. The third kappa shape index (κ3) is 7.14. The van der Waals surface area contributed by atoms with Crippen molar-refractivity contribution in [2.75, 3.05) is 75.1 Å². The molecule has 49 heavy (non-hydrogen) atoms. The molecule has 0 atom stereocenters. The Bertz CT molecular complexity index is 1810. The molecule has 4 aromatic rings. The zero-order valence-electron chi connectivity index (χ0n) is 28.0. The number of hydrogen-bond acceptors (Lipinski definition) is 10. The first kappa shape index (κ1) is 32.3. The van der Waals surface area contributed by atoms with Crippen LogP contribution >= 0.6 is 0 Å². The fraction of sp³-hybridized carbons (Fsp3) is 0.429. The maximum Gasteiger partial charge on any atom is 0.328 e. The highest BCUT2D eigenvalue weighted by Gasteiger charge is 2.27. The number of urea groups is 1. The first-order chi connectivity index (χ1) is 23.8. The Morgan fingerprint density at radius 3 is 2.41 bits per heavy atom. The number of fused-ring (bicyclic) bond motifs is 1. The number of aromatic nitrogens is 4. The molecule has 0 bridgehead atoms. The molecular formula is C35H42N10O4. The first-order valence-electron chi connectivity index (χ1n) is 17.0. The number of carbonyl (C=O) groups excluding carboxylic acids is 3. The average molecular weight is 667 g/mol. The summed E-state index contributed by atoms with van der Waals surface area (Å²) in [5.41, 5.74) is 3.23. The van der Waals surface area contributed by atoms with Gasteiger partial charge in [-0.05, 0) is 55.3 Å². The lowest BCUT2D eigenvalue weighted by Gasteiger charge is -2.35. The van der Waals surface area contributed by atoms with Crippen LogP contribution in [0.15, 0.2) is 54.9 Å². The normalized spacial score (nSPS) is 17.4. The van der Waals surface area contributed by atoms with Crippen molar-refractivity contribution in [3.63, 3.8) is 0 Å². The number of imide groups is 1. The summed E-state index contributed by atoms with van der Waals surface area (Å²) in [6.45, 7) is 5.35. The van der Waals surface area contributed by atoms with Crippen molar-refractivity contribution >= 4 is 52.0 Å². The molecule has 1 aliphatic carbocycles. The minimum absolute atomic E-state index is 0.0277. The summed E-state index contributed by atoms with van der Waals surface area (Å²) >= 11 is 0. The fourth-order valence-corrected chi connectivity index (χ4v) is 6.81. The quantitative estimate of drug-likeness (QED) is 0.255. The Balaban J connectivity index is 0.902. The predicted molar refractivity (Wildman–Crippen MR) is 187 cm³/mol. The molecule has 1 saturated carbocycles. The number of rotatable bonds is 10. The second-order valence-electron chi connectivity index (χ2n) is 13.0. The van der Waals surface area contributed by atoms with Crippen LogP contribution in [0.2, 0.25) is 0 Å². The van der Waals surface area contributed by atoms with Gasteiger partial charge in [-0.15, -0.1) is 0 Å². The Labute approximate surface area is 285 Å². The van der Waals surface area contributed by atoms with Crippen LogP contribution in [-0.2, 0) is 4.79 Å². The SMILES string of the molecule is CN(C)C(=O)c1cc2cnc(Nc3ccc(N4CCN(CCOc5ccc(N6CCC(=O)NC6=O)cc5)CC4)cn3)nc2n1C1CCCC1. The Morgan fingerprint density at radius 2 is 1.71 bits per heavy atom. The van der Waals surface area contributed by atoms with Crippen molar-refractivity contribution in [2.24, 2.45) is 0 Å². The second-order valence-corrected chi connectivity index (χ2v) is 13.0. The van der Waals surface area contributed by atoms with Crippen LogP contribution in [-0.4, -0.2) is 107 Å². The molecule has 0 spiro atoms. The Hall–Kier alpha value is -5.24. The van der Waals surface area contributed by atoms with Crippen molar-refractivity contribution in [2.45, 2.75) is 38.1 Å². The van der Waals surface area contributed by atoms with Gasteiger partial charge < -0.3 is 24.4 Å². The fourth-order valence-electron chi connectivity index (χ4n) is 6.81. The number of anilines is 4. The third-order valence-corrected chi connectivity index (χ3v) is 9.49. The summed E-state index contributed by atoms with van der Waals surface area (Å²) in [5.74, 6) is 1.58. The molecule has 0 unspecified atom stereocenters. The van der Waals surface area contributed by atoms with E-state index < -0.39 is 6.03 Å². The molecule has 1 aromatic carbocycles. The van der Waals surface area contributed by atoms with Gasteiger partial charge in [0, 0.05) is 83.1 Å². The average Bonchev–Trinajstić information content (AvgIpc) is 3.77. The van der Waals surface area contributed by atoms with E-state index in [1.54, 1.807) is 30.1 Å². The van der Waals surface area contributed by atoms with Crippen LogP contribution in [0.1, 0.15) is 48.6 Å². The van der Waals surface area contributed by atoms with Gasteiger partial charge in [0.25, 0.3) is 5.91 Å². The van der Waals surface area contributed by atoms with Gasteiger partial charge in [-0.25, -0.2) is 14.8 Å². The van der Waals surface area contributed by atoms with Crippen LogP contribution in [0.5, 0.6) is 5.75 Å². The molecule has 3 aliphatic rings. The summed E-state index contributed by atoms with van der Waals surface area (Å²) in [5, 5.41) is 6.46. The summed E-state index contributed by atoms with van der Waals surface area (Å²) < 4.78 is 8.08. The van der Waals surface area contributed by atoms with Crippen LogP contribution in [0, 0.1) is 0 Å². The van der Waals surface area contributed by atoms with Crippen molar-refractivity contribution in [3.05, 3.63) is 60.6 Å². The largest absolute Gasteiger partial charge is 0.492 e. The number of pyridine rings is 1. The van der Waals surface area contributed by atoms with Crippen molar-refractivity contribution in [3.8, 4) is 5.75 Å². The van der Waals surface area contributed by atoms with Gasteiger partial charge in [-0.3, -0.25) is 24.7 Å². The number of piperazine rings is 1. The number of benzene rings is 1. The lowest BCUT2D eigenvalue weighted by Crippen LogP contribution is -2.49. The molecule has 7 rings (SSSR count). The molecule has 5 heterocycles. The molecule has 3 aromatic heterocycles. The predicted octanol–water partition coefficient (Wildman–Crippen LogP) is 4.03. The smallest absolute Gasteiger partial charge is 0.328 e. The molecule has 0 radical (unpaired) electrons. The molecule has 256 valence electrons. The minimum Gasteiger partial charge on any atom is -0.492 e. The standard InChI is InChI=1S/C35H42N10O4/c1-41(2)33(47)29-21-24-22-37-34(40-32(24)45(29)26-5-3-4-6-26)38-30-12-9-27(23-36-30)43-17-15-42(16-18-43)19-20-49-28-10-7-25(8-11-28)44-14-13-31(46)39-35(44)48/h7-12,21-23,26H,3-6,13-20H2,1-2H3,(H,39,46,48)(H,36,37,38,40). The number of carbonyl (C=O) groups is 3. The second kappa shape index (κ2) is 14.1. The number of ether oxygens (including phenoxy) is 1. The van der Waals surface area contributed by atoms with E-state index >= 15 is 0 Å². The third-order valence-electron chi connectivity index (χ3n) is 9.49. The van der Waals surface area contributed by atoms with Crippen molar-refractivity contribution in [1.29, 1.82) is 0 Å². The maximum absolute atomic E-state index is 13.0. The highest BCUT2D eigenvalue weighted by molar-refractivity contribution is 6.05. The Morgan fingerprint density at radius 1 is 0.959 bits per heavy atom. The number of nitrogens with one attached hydrogen (secondary N) is 2. The minimum atomic E-state index is -0.393. The number of hydrogen-bond donors (Lipinski definition) is 2. The molecule has 14 nitrogen and oxygen atoms in total. The zero-order chi connectivity index (χ0) is 33.9. The van der Waals surface area contributed by atoms with E-state index in [0.717, 1.165) is 86.6 Å². The van der Waals surface area contributed by atoms with E-state index in [1.807, 2.05) is 42.6 Å². The summed E-state index contributed by atoms with van der Waals surface area (Å²) in [7, 11) is 3.55. The number of amides is 4. The van der Waals surface area contributed by atoms with Crippen LogP contribution in [0.3, 0.4) is 0 Å². The first-order valence-corrected chi connectivity index (χ1v) is 17.0. The van der Waals surface area contributed by atoms with Gasteiger partial charge in [0.05, 0.1) is 11.9 Å². The summed E-state index contributed by atoms with van der Waals surface area (Å²) in [4.78, 5) is 58.4. The molecule has 2 aliphatic heterocycles. The maximum atomic E-state index is 13.0. The monoisotopic (exact) mass is 666 g/mol. The van der Waals surface area contributed by atoms with E-state index in [9.17, 15) is 14.4 Å². The van der Waals surface area contributed by atoms with Crippen LogP contribution in [0.25, 0.3) is 11.0 Å². The van der Waals surface area contributed by atoms with Gasteiger partial charge in [0.2, 0.25) is 11.9 Å². The summed E-state index contributed by atoms with van der Waals surface area (Å²) in [6.07, 6.45) is 8.34. The van der Waals surface area contributed by atoms with Crippen molar-refractivity contribution < 1.29 is 19.1 Å². The molecule has 14 heteroatoms. The lowest BCUT2D eigenvalue weighted by atomic mass is 10.2. The van der Waals surface area contributed by atoms with Crippen LogP contribution in [0.4, 0.5) is 27.9 Å². The Kier molecular flexibility index (Phi) is 9.29. The highest BCUT2D eigenvalue weighted by atomic mass is 16.5. The van der Waals surface area contributed by atoms with Gasteiger partial charge >= 0.3 is 6.03 Å². The molecule has 3 fully saturated rings. The van der Waals surface area contributed by atoms with E-state index in [0.29, 0.717) is 37.0 Å². The van der Waals surface area contributed by atoms with Gasteiger partial charge in [-0.2, -0.15) is 4.98 Å². The van der Waals surface area contributed by atoms with E-state index in [1.165, 1.54) is 0 Å². The van der Waals surface area contributed by atoms with Gasteiger partial charge in [0.15, 0.2) is 0 Å². The van der Waals surface area contributed by atoms with Crippen molar-refractivity contribution in [1.82, 2.24) is 34.6 Å². The van der Waals surface area contributed by atoms with Crippen LogP contribution < -0.4 is 25.2 Å². The number of nitrogens with zero attached hydrogens (tertiary/aromatic N) is 8. The molecular weight excluding hydrogens is 624 g/mol. The van der Waals surface area contributed by atoms with Gasteiger partial charge in [-0.1, -0.05) is 12.8 Å². The molecule has 2 N–H and O–H groups in total. The van der Waals surface area contributed by atoms with Gasteiger partial charge in [0.1, 0.15) is 29.5 Å². The highest BCUT2D eigenvalue weighted by Crippen LogP contribution is 2.35. The van der Waals surface area contributed by atoms with E-state index in [-0.39, 0.29) is 17.9 Å². The van der Waals surface area contributed by atoms with E-state index in [2.05, 4.69) is 41.0 Å². The topological polar surface area (TPSA) is 141 Å². The summed E-state index contributed by atoms with van der Waals surface area (Å²) in [6, 6.07) is 13.2. The molecule has 2 saturated heterocycles. The zero-order valence-corrected chi connectivity index (χ0v) is 28.0. The van der Waals surface area contributed by atoms with E-state index in [4.69, 9.17) is 9.72 Å².